The summed E-state index contributed by atoms with van der Waals surface area (Å²) in [6, 6.07) is 2.59. The van der Waals surface area contributed by atoms with Crippen molar-refractivity contribution in [1.82, 2.24) is 9.78 Å². The van der Waals surface area contributed by atoms with Gasteiger partial charge in [-0.05, 0) is 25.2 Å². The summed E-state index contributed by atoms with van der Waals surface area (Å²) in [5.74, 6) is 0.294. The van der Waals surface area contributed by atoms with E-state index in [2.05, 4.69) is 19.9 Å². The van der Waals surface area contributed by atoms with Crippen LogP contribution >= 0.6 is 0 Å². The van der Waals surface area contributed by atoms with E-state index < -0.39 is 5.92 Å². The van der Waals surface area contributed by atoms with E-state index in [4.69, 9.17) is 15.6 Å². The van der Waals surface area contributed by atoms with Gasteiger partial charge in [0.05, 0.1) is 17.7 Å². The number of aromatic nitrogens is 2. The van der Waals surface area contributed by atoms with Gasteiger partial charge in [0, 0.05) is 30.2 Å². The van der Waals surface area contributed by atoms with Crippen molar-refractivity contribution in [3.8, 4) is 6.07 Å². The van der Waals surface area contributed by atoms with Crippen molar-refractivity contribution in [2.45, 2.75) is 71.3 Å². The van der Waals surface area contributed by atoms with Crippen molar-refractivity contribution in [1.29, 1.82) is 5.26 Å². The van der Waals surface area contributed by atoms with Crippen molar-refractivity contribution in [2.75, 3.05) is 0 Å². The minimum atomic E-state index is -0.475. The Morgan fingerprint density at radius 2 is 2.04 bits per heavy atom. The largest absolute Gasteiger partial charge is 0.444 e. The van der Waals surface area contributed by atoms with Crippen LogP contribution in [0, 0.1) is 23.7 Å². The standard InChI is InChI=1S/C21H26N4O2/c1-12-15(11-25(24-12)13-6-4-5-7-13)18-14(10-22)20(23)27-17-9-21(2,3)8-16(26)19(17)18/h11,13,18H,4-9,23H2,1-3H3/t18-/m0/s1. The fourth-order valence-electron chi connectivity index (χ4n) is 4.73. The molecule has 0 bridgehead atoms. The second kappa shape index (κ2) is 6.26. The van der Waals surface area contributed by atoms with Gasteiger partial charge in [0.2, 0.25) is 5.88 Å². The molecule has 6 heteroatoms. The first kappa shape index (κ1) is 17.8. The van der Waals surface area contributed by atoms with E-state index in [1.165, 1.54) is 12.8 Å². The molecule has 2 heterocycles. The summed E-state index contributed by atoms with van der Waals surface area (Å²) >= 11 is 0. The minimum absolute atomic E-state index is 0.0412. The van der Waals surface area contributed by atoms with Crippen LogP contribution in [0.25, 0.3) is 0 Å². The van der Waals surface area contributed by atoms with E-state index >= 15 is 0 Å². The maximum atomic E-state index is 13.0. The molecule has 0 spiro atoms. The first-order valence-electron chi connectivity index (χ1n) is 9.70. The third kappa shape index (κ3) is 2.95. The maximum absolute atomic E-state index is 13.0. The van der Waals surface area contributed by atoms with Gasteiger partial charge < -0.3 is 10.5 Å². The SMILES string of the molecule is Cc1nn(C2CCCC2)cc1[C@@H]1C(C#N)=C(N)OC2=C1C(=O)CC(C)(C)C2. The zero-order valence-electron chi connectivity index (χ0n) is 16.2. The number of carbonyl (C=O) groups is 1. The number of nitrogens with zero attached hydrogens (tertiary/aromatic N) is 3. The first-order chi connectivity index (χ1) is 12.8. The van der Waals surface area contributed by atoms with Gasteiger partial charge in [-0.15, -0.1) is 0 Å². The van der Waals surface area contributed by atoms with Gasteiger partial charge in [-0.2, -0.15) is 10.4 Å². The smallest absolute Gasteiger partial charge is 0.205 e. The Balaban J connectivity index is 1.83. The number of allylic oxidation sites excluding steroid dienone is 3. The summed E-state index contributed by atoms with van der Waals surface area (Å²) in [6.07, 6.45) is 7.78. The summed E-state index contributed by atoms with van der Waals surface area (Å²) in [6.45, 7) is 6.05. The highest BCUT2D eigenvalue weighted by Gasteiger charge is 2.44. The summed E-state index contributed by atoms with van der Waals surface area (Å²) in [5.41, 5.74) is 8.57. The molecule has 2 N–H and O–H groups in total. The molecule has 3 aliphatic rings. The van der Waals surface area contributed by atoms with E-state index in [1.54, 1.807) is 0 Å². The third-order valence-corrected chi connectivity index (χ3v) is 6.04. The average molecular weight is 366 g/mol. The molecule has 27 heavy (non-hydrogen) atoms. The van der Waals surface area contributed by atoms with Gasteiger partial charge >= 0.3 is 0 Å². The molecule has 1 aliphatic heterocycles. The highest BCUT2D eigenvalue weighted by molar-refractivity contribution is 6.00. The van der Waals surface area contributed by atoms with Gasteiger partial charge in [0.15, 0.2) is 5.78 Å². The molecule has 0 amide bonds. The number of ketones is 1. The molecule has 1 aromatic heterocycles. The molecule has 0 unspecified atom stereocenters. The summed E-state index contributed by atoms with van der Waals surface area (Å²) < 4.78 is 7.79. The normalized spacial score (nSPS) is 25.4. The lowest BCUT2D eigenvalue weighted by molar-refractivity contribution is -0.119. The van der Waals surface area contributed by atoms with Crippen molar-refractivity contribution in [3.05, 3.63) is 40.2 Å². The fourth-order valence-corrected chi connectivity index (χ4v) is 4.73. The van der Waals surface area contributed by atoms with Crippen LogP contribution in [-0.2, 0) is 9.53 Å². The number of nitrogens with two attached hydrogens (primary N) is 1. The number of nitriles is 1. The predicted octanol–water partition coefficient (Wildman–Crippen LogP) is 3.76. The van der Waals surface area contributed by atoms with Crippen LogP contribution in [-0.4, -0.2) is 15.6 Å². The van der Waals surface area contributed by atoms with Crippen LogP contribution in [0.3, 0.4) is 0 Å². The number of aryl methyl sites for hydroxylation is 1. The average Bonchev–Trinajstić information content (AvgIpc) is 3.21. The molecule has 0 aromatic carbocycles. The minimum Gasteiger partial charge on any atom is -0.444 e. The molecule has 0 saturated heterocycles. The zero-order valence-corrected chi connectivity index (χ0v) is 16.2. The molecule has 4 rings (SSSR count). The van der Waals surface area contributed by atoms with Gasteiger partial charge in [-0.3, -0.25) is 9.48 Å². The number of hydrogen-bond acceptors (Lipinski definition) is 5. The molecule has 1 atom stereocenters. The topological polar surface area (TPSA) is 93.9 Å². The predicted molar refractivity (Wildman–Crippen MR) is 100 cm³/mol. The van der Waals surface area contributed by atoms with Crippen LogP contribution in [0.4, 0.5) is 0 Å². The Morgan fingerprint density at radius 1 is 1.33 bits per heavy atom. The fraction of sp³-hybridized carbons (Fsp3) is 0.571. The number of hydrogen-bond donors (Lipinski definition) is 1. The van der Waals surface area contributed by atoms with E-state index in [0.717, 1.165) is 24.1 Å². The summed E-state index contributed by atoms with van der Waals surface area (Å²) in [5, 5.41) is 14.5. The summed E-state index contributed by atoms with van der Waals surface area (Å²) in [4.78, 5) is 13.0. The van der Waals surface area contributed by atoms with Crippen molar-refractivity contribution < 1.29 is 9.53 Å². The van der Waals surface area contributed by atoms with Crippen molar-refractivity contribution in [2.24, 2.45) is 11.1 Å². The molecular formula is C21H26N4O2. The van der Waals surface area contributed by atoms with Crippen LogP contribution in [0.1, 0.15) is 75.6 Å². The highest BCUT2D eigenvalue weighted by Crippen LogP contribution is 2.48. The van der Waals surface area contributed by atoms with E-state index in [0.29, 0.717) is 35.8 Å². The number of Topliss-reactive ketones (excluding diaryl/α,β-unsaturated/α-hetero) is 1. The van der Waals surface area contributed by atoms with Crippen LogP contribution in [0.2, 0.25) is 0 Å². The number of ether oxygens (including phenoxy) is 1. The Morgan fingerprint density at radius 3 is 2.70 bits per heavy atom. The van der Waals surface area contributed by atoms with E-state index in [9.17, 15) is 10.1 Å². The first-order valence-corrected chi connectivity index (χ1v) is 9.70. The Labute approximate surface area is 159 Å². The molecule has 0 radical (unpaired) electrons. The second-order valence-electron chi connectivity index (χ2n) is 8.79. The number of carbonyl (C=O) groups excluding carboxylic acids is 1. The molecule has 1 fully saturated rings. The van der Waals surface area contributed by atoms with E-state index in [-0.39, 0.29) is 17.1 Å². The van der Waals surface area contributed by atoms with Crippen molar-refractivity contribution in [3.63, 3.8) is 0 Å². The lowest BCUT2D eigenvalue weighted by Gasteiger charge is -2.37. The Kier molecular flexibility index (Phi) is 4.14. The van der Waals surface area contributed by atoms with Crippen LogP contribution < -0.4 is 5.73 Å². The van der Waals surface area contributed by atoms with Crippen LogP contribution in [0.15, 0.2) is 29.0 Å². The Hall–Kier alpha value is -2.55. The molecule has 142 valence electrons. The molecular weight excluding hydrogens is 340 g/mol. The molecule has 1 saturated carbocycles. The zero-order chi connectivity index (χ0) is 19.3. The quantitative estimate of drug-likeness (QED) is 0.860. The van der Waals surface area contributed by atoms with Crippen LogP contribution in [0.5, 0.6) is 0 Å². The van der Waals surface area contributed by atoms with Gasteiger partial charge in [0.1, 0.15) is 17.4 Å². The third-order valence-electron chi connectivity index (χ3n) is 6.04. The van der Waals surface area contributed by atoms with E-state index in [1.807, 2.05) is 17.8 Å². The molecule has 1 aromatic rings. The van der Waals surface area contributed by atoms with Gasteiger partial charge in [-0.25, -0.2) is 0 Å². The number of rotatable bonds is 2. The summed E-state index contributed by atoms with van der Waals surface area (Å²) in [7, 11) is 0. The maximum Gasteiger partial charge on any atom is 0.205 e. The molecule has 6 nitrogen and oxygen atoms in total. The second-order valence-corrected chi connectivity index (χ2v) is 8.79. The van der Waals surface area contributed by atoms with Gasteiger partial charge in [-0.1, -0.05) is 26.7 Å². The lowest BCUT2D eigenvalue weighted by Crippen LogP contribution is -2.33. The monoisotopic (exact) mass is 366 g/mol. The highest BCUT2D eigenvalue weighted by atomic mass is 16.5. The van der Waals surface area contributed by atoms with Gasteiger partial charge in [0.25, 0.3) is 0 Å². The molecule has 2 aliphatic carbocycles. The lowest BCUT2D eigenvalue weighted by atomic mass is 9.70. The van der Waals surface area contributed by atoms with Crippen molar-refractivity contribution >= 4 is 5.78 Å². The Bertz CT molecular complexity index is 907.